The molecule has 5 nitrogen and oxygen atoms in total. The number of amides is 2. The number of thiophene rings is 1. The van der Waals surface area contributed by atoms with Gasteiger partial charge in [0.1, 0.15) is 0 Å². The van der Waals surface area contributed by atoms with E-state index in [4.69, 9.17) is 4.74 Å². The summed E-state index contributed by atoms with van der Waals surface area (Å²) in [6.45, 7) is 4.05. The van der Waals surface area contributed by atoms with Crippen LogP contribution >= 0.6 is 11.3 Å². The van der Waals surface area contributed by atoms with Gasteiger partial charge in [0.2, 0.25) is 0 Å². The summed E-state index contributed by atoms with van der Waals surface area (Å²) in [7, 11) is 0. The van der Waals surface area contributed by atoms with Gasteiger partial charge in [-0.2, -0.15) is 0 Å². The molecule has 0 aliphatic heterocycles. The maximum absolute atomic E-state index is 12.0. The van der Waals surface area contributed by atoms with E-state index in [0.717, 1.165) is 10.4 Å². The molecule has 1 aromatic carbocycles. The Morgan fingerprint density at radius 1 is 1.25 bits per heavy atom. The van der Waals surface area contributed by atoms with Crippen LogP contribution in [0, 0.1) is 0 Å². The Kier molecular flexibility index (Phi) is 6.57. The molecule has 2 rings (SSSR count). The lowest BCUT2D eigenvalue weighted by atomic mass is 10.2. The van der Waals surface area contributed by atoms with Gasteiger partial charge in [-0.1, -0.05) is 18.2 Å². The molecule has 1 aromatic heterocycles. The SMILES string of the molecule is CCOC(=O)/C=C/c1ccc(NC(=O)N[C@H](C)c2cccs2)cc1. The molecule has 0 bridgehead atoms. The fraction of sp³-hybridized carbons (Fsp3) is 0.222. The van der Waals surface area contributed by atoms with Crippen LogP contribution in [0.1, 0.15) is 30.3 Å². The summed E-state index contributed by atoms with van der Waals surface area (Å²) in [6.07, 6.45) is 3.04. The van der Waals surface area contributed by atoms with E-state index in [9.17, 15) is 9.59 Å². The standard InChI is InChI=1S/C18H20N2O3S/c1-3-23-17(21)11-8-14-6-9-15(10-7-14)20-18(22)19-13(2)16-5-4-12-24-16/h4-13H,3H2,1-2H3,(H2,19,20,22)/b11-8+/t13-/m1/s1. The summed E-state index contributed by atoms with van der Waals surface area (Å²) in [5, 5.41) is 7.65. The van der Waals surface area contributed by atoms with Gasteiger partial charge in [0.25, 0.3) is 0 Å². The minimum Gasteiger partial charge on any atom is -0.463 e. The second-order valence-corrected chi connectivity index (χ2v) is 6.02. The number of benzene rings is 1. The molecule has 1 atom stereocenters. The lowest BCUT2D eigenvalue weighted by molar-refractivity contribution is -0.137. The molecule has 0 spiro atoms. The highest BCUT2D eigenvalue weighted by molar-refractivity contribution is 7.10. The van der Waals surface area contributed by atoms with Crippen molar-refractivity contribution >= 4 is 35.1 Å². The number of carbonyl (C=O) groups excluding carboxylic acids is 2. The van der Waals surface area contributed by atoms with Crippen LogP contribution in [0.15, 0.2) is 47.9 Å². The van der Waals surface area contributed by atoms with E-state index < -0.39 is 0 Å². The molecular formula is C18H20N2O3S. The molecule has 126 valence electrons. The summed E-state index contributed by atoms with van der Waals surface area (Å²) in [5.74, 6) is -0.373. The number of anilines is 1. The molecule has 0 aliphatic carbocycles. The van der Waals surface area contributed by atoms with E-state index in [0.29, 0.717) is 12.3 Å². The number of nitrogens with one attached hydrogen (secondary N) is 2. The fourth-order valence-corrected chi connectivity index (χ4v) is 2.74. The van der Waals surface area contributed by atoms with Crippen LogP contribution in [0.2, 0.25) is 0 Å². The van der Waals surface area contributed by atoms with Crippen LogP contribution in [0.3, 0.4) is 0 Å². The first-order chi connectivity index (χ1) is 11.6. The first kappa shape index (κ1) is 17.7. The molecular weight excluding hydrogens is 324 g/mol. The fourth-order valence-electron chi connectivity index (χ4n) is 2.00. The molecule has 0 saturated heterocycles. The maximum atomic E-state index is 12.0. The molecule has 0 unspecified atom stereocenters. The van der Waals surface area contributed by atoms with E-state index in [-0.39, 0.29) is 18.0 Å². The van der Waals surface area contributed by atoms with Gasteiger partial charge in [-0.05, 0) is 49.1 Å². The third kappa shape index (κ3) is 5.55. The lowest BCUT2D eigenvalue weighted by Crippen LogP contribution is -2.30. The first-order valence-electron chi connectivity index (χ1n) is 7.64. The Bertz CT molecular complexity index is 694. The lowest BCUT2D eigenvalue weighted by Gasteiger charge is -2.13. The third-order valence-corrected chi connectivity index (χ3v) is 4.24. The van der Waals surface area contributed by atoms with Gasteiger partial charge in [-0.3, -0.25) is 0 Å². The van der Waals surface area contributed by atoms with Crippen molar-refractivity contribution in [2.24, 2.45) is 0 Å². The molecule has 24 heavy (non-hydrogen) atoms. The van der Waals surface area contributed by atoms with Gasteiger partial charge in [-0.15, -0.1) is 11.3 Å². The van der Waals surface area contributed by atoms with Gasteiger partial charge < -0.3 is 15.4 Å². The second-order valence-electron chi connectivity index (χ2n) is 5.04. The van der Waals surface area contributed by atoms with Crippen molar-refractivity contribution in [2.75, 3.05) is 11.9 Å². The van der Waals surface area contributed by atoms with Crippen LogP contribution in [-0.2, 0) is 9.53 Å². The Hall–Kier alpha value is -2.60. The van der Waals surface area contributed by atoms with Gasteiger partial charge >= 0.3 is 12.0 Å². The van der Waals surface area contributed by atoms with Crippen molar-refractivity contribution in [3.05, 3.63) is 58.3 Å². The van der Waals surface area contributed by atoms with Crippen molar-refractivity contribution in [1.29, 1.82) is 0 Å². The maximum Gasteiger partial charge on any atom is 0.330 e. The van der Waals surface area contributed by atoms with Gasteiger partial charge in [0.15, 0.2) is 0 Å². The molecule has 0 aliphatic rings. The van der Waals surface area contributed by atoms with Gasteiger partial charge in [-0.25, -0.2) is 9.59 Å². The Morgan fingerprint density at radius 2 is 2.00 bits per heavy atom. The van der Waals surface area contributed by atoms with Crippen molar-refractivity contribution in [3.63, 3.8) is 0 Å². The molecule has 1 heterocycles. The predicted octanol–water partition coefficient (Wildman–Crippen LogP) is 4.21. The molecule has 0 radical (unpaired) electrons. The van der Waals surface area contributed by atoms with Crippen molar-refractivity contribution in [1.82, 2.24) is 5.32 Å². The van der Waals surface area contributed by atoms with E-state index in [1.165, 1.54) is 6.08 Å². The molecule has 2 amide bonds. The zero-order valence-corrected chi connectivity index (χ0v) is 14.4. The largest absolute Gasteiger partial charge is 0.463 e. The van der Waals surface area contributed by atoms with Crippen LogP contribution in [0.5, 0.6) is 0 Å². The van der Waals surface area contributed by atoms with E-state index in [1.54, 1.807) is 36.5 Å². The minimum atomic E-state index is -0.373. The average molecular weight is 344 g/mol. The van der Waals surface area contributed by atoms with E-state index in [2.05, 4.69) is 10.6 Å². The summed E-state index contributed by atoms with van der Waals surface area (Å²) >= 11 is 1.60. The number of urea groups is 1. The third-order valence-electron chi connectivity index (χ3n) is 3.18. The normalized spacial score (nSPS) is 11.9. The highest BCUT2D eigenvalue weighted by Gasteiger charge is 2.10. The molecule has 2 aromatic rings. The zero-order chi connectivity index (χ0) is 17.4. The molecule has 0 saturated carbocycles. The van der Waals surface area contributed by atoms with Crippen LogP contribution in [0.25, 0.3) is 6.08 Å². The Balaban J connectivity index is 1.87. The van der Waals surface area contributed by atoms with Gasteiger partial charge in [0.05, 0.1) is 12.6 Å². The van der Waals surface area contributed by atoms with E-state index in [1.807, 2.05) is 36.6 Å². The summed E-state index contributed by atoms with van der Waals surface area (Å²) in [4.78, 5) is 24.4. The minimum absolute atomic E-state index is 0.0446. The number of hydrogen-bond donors (Lipinski definition) is 2. The number of hydrogen-bond acceptors (Lipinski definition) is 4. The number of rotatable bonds is 6. The highest BCUT2D eigenvalue weighted by atomic mass is 32.1. The first-order valence-corrected chi connectivity index (χ1v) is 8.52. The molecule has 2 N–H and O–H groups in total. The number of ether oxygens (including phenoxy) is 1. The highest BCUT2D eigenvalue weighted by Crippen LogP contribution is 2.18. The van der Waals surface area contributed by atoms with Crippen molar-refractivity contribution < 1.29 is 14.3 Å². The van der Waals surface area contributed by atoms with Crippen molar-refractivity contribution in [3.8, 4) is 0 Å². The Morgan fingerprint density at radius 3 is 2.62 bits per heavy atom. The quantitative estimate of drug-likeness (QED) is 0.609. The molecule has 0 fully saturated rings. The summed E-state index contributed by atoms with van der Waals surface area (Å²) in [5.41, 5.74) is 1.53. The van der Waals surface area contributed by atoms with Gasteiger partial charge in [0, 0.05) is 16.6 Å². The zero-order valence-electron chi connectivity index (χ0n) is 13.6. The topological polar surface area (TPSA) is 67.4 Å². The smallest absolute Gasteiger partial charge is 0.330 e. The average Bonchev–Trinajstić information content (AvgIpc) is 3.09. The van der Waals surface area contributed by atoms with Crippen molar-refractivity contribution in [2.45, 2.75) is 19.9 Å². The Labute approximate surface area is 145 Å². The van der Waals surface area contributed by atoms with Crippen LogP contribution in [-0.4, -0.2) is 18.6 Å². The van der Waals surface area contributed by atoms with E-state index >= 15 is 0 Å². The monoisotopic (exact) mass is 344 g/mol. The van der Waals surface area contributed by atoms with Crippen LogP contribution in [0.4, 0.5) is 10.5 Å². The summed E-state index contributed by atoms with van der Waals surface area (Å²) < 4.78 is 4.82. The number of esters is 1. The number of carbonyl (C=O) groups is 2. The summed E-state index contributed by atoms with van der Waals surface area (Å²) in [6, 6.07) is 10.8. The molecule has 6 heteroatoms. The predicted molar refractivity (Wildman–Crippen MR) is 97.0 cm³/mol. The van der Waals surface area contributed by atoms with Crippen LogP contribution < -0.4 is 10.6 Å². The second kappa shape index (κ2) is 8.88.